The number of methoxy groups -OCH3 is 1. The monoisotopic (exact) mass is 329 g/mol. The van der Waals surface area contributed by atoms with E-state index >= 15 is 0 Å². The third kappa shape index (κ3) is 2.38. The highest BCUT2D eigenvalue weighted by molar-refractivity contribution is 7.16. The molecule has 2 aromatic rings. The number of hydrogen-bond acceptors (Lipinski definition) is 5. The van der Waals surface area contributed by atoms with E-state index in [1.807, 2.05) is 24.3 Å². The number of para-hydroxylation sites is 1. The summed E-state index contributed by atoms with van der Waals surface area (Å²) in [5.41, 5.74) is 2.99. The van der Waals surface area contributed by atoms with Gasteiger partial charge in [0.25, 0.3) is 5.91 Å². The van der Waals surface area contributed by atoms with Crippen molar-refractivity contribution in [3.8, 4) is 5.75 Å². The van der Waals surface area contributed by atoms with Gasteiger partial charge in [-0.05, 0) is 25.1 Å². The topological polar surface area (TPSA) is 53.6 Å². The van der Waals surface area contributed by atoms with Gasteiger partial charge < -0.3 is 20.3 Å². The number of hydrogen-bond donors (Lipinski definition) is 2. The lowest BCUT2D eigenvalue weighted by atomic mass is 10.0. The molecule has 23 heavy (non-hydrogen) atoms. The van der Waals surface area contributed by atoms with E-state index < -0.39 is 0 Å². The molecule has 2 N–H and O–H groups in total. The van der Waals surface area contributed by atoms with Crippen LogP contribution in [0.4, 0.5) is 5.00 Å². The molecule has 1 aromatic carbocycles. The average Bonchev–Trinajstić information content (AvgIpc) is 2.92. The van der Waals surface area contributed by atoms with E-state index in [2.05, 4.69) is 22.6 Å². The van der Waals surface area contributed by atoms with E-state index in [0.29, 0.717) is 0 Å². The maximum absolute atomic E-state index is 12.7. The zero-order chi connectivity index (χ0) is 16.0. The van der Waals surface area contributed by atoms with Crippen molar-refractivity contribution < 1.29 is 9.53 Å². The molecule has 0 radical (unpaired) electrons. The van der Waals surface area contributed by atoms with Gasteiger partial charge in [0.15, 0.2) is 0 Å². The molecule has 2 aliphatic heterocycles. The molecule has 1 unspecified atom stereocenters. The van der Waals surface area contributed by atoms with Gasteiger partial charge in [-0.25, -0.2) is 0 Å². The Kier molecular flexibility index (Phi) is 3.50. The third-order valence-electron chi connectivity index (χ3n) is 4.48. The van der Waals surface area contributed by atoms with Crippen LogP contribution in [0.25, 0.3) is 0 Å². The van der Waals surface area contributed by atoms with Crippen molar-refractivity contribution in [3.63, 3.8) is 0 Å². The molecule has 5 nitrogen and oxygen atoms in total. The summed E-state index contributed by atoms with van der Waals surface area (Å²) in [7, 11) is 3.77. The zero-order valence-electron chi connectivity index (χ0n) is 13.2. The summed E-state index contributed by atoms with van der Waals surface area (Å²) in [6, 6.07) is 7.77. The number of carbonyl (C=O) groups excluding carboxylic acids is 1. The van der Waals surface area contributed by atoms with Crippen LogP contribution in [-0.4, -0.2) is 31.5 Å². The van der Waals surface area contributed by atoms with Gasteiger partial charge in [0, 0.05) is 23.5 Å². The maximum Gasteiger partial charge on any atom is 0.256 e. The minimum absolute atomic E-state index is 0.0108. The minimum Gasteiger partial charge on any atom is -0.496 e. The van der Waals surface area contributed by atoms with Crippen molar-refractivity contribution in [1.29, 1.82) is 0 Å². The highest BCUT2D eigenvalue weighted by atomic mass is 32.1. The molecule has 1 aromatic heterocycles. The molecule has 0 fully saturated rings. The molecule has 0 spiro atoms. The smallest absolute Gasteiger partial charge is 0.256 e. The van der Waals surface area contributed by atoms with Crippen LogP contribution in [0.15, 0.2) is 24.3 Å². The molecule has 0 bridgehead atoms. The summed E-state index contributed by atoms with van der Waals surface area (Å²) in [5.74, 6) is 0.784. The molecule has 3 heterocycles. The Morgan fingerprint density at radius 3 is 2.96 bits per heavy atom. The van der Waals surface area contributed by atoms with Crippen molar-refractivity contribution in [2.24, 2.45) is 0 Å². The Hall–Kier alpha value is -2.05. The first kappa shape index (κ1) is 14.5. The Morgan fingerprint density at radius 2 is 2.13 bits per heavy atom. The number of benzene rings is 1. The van der Waals surface area contributed by atoms with Crippen LogP contribution in [0.5, 0.6) is 5.75 Å². The molecule has 6 heteroatoms. The third-order valence-corrected chi connectivity index (χ3v) is 5.62. The van der Waals surface area contributed by atoms with Gasteiger partial charge in [0.2, 0.25) is 0 Å². The number of nitrogens with zero attached hydrogens (tertiary/aromatic N) is 1. The first-order valence-corrected chi connectivity index (χ1v) is 8.52. The van der Waals surface area contributed by atoms with Gasteiger partial charge in [0.1, 0.15) is 16.9 Å². The predicted octanol–water partition coefficient (Wildman–Crippen LogP) is 2.60. The van der Waals surface area contributed by atoms with Crippen molar-refractivity contribution in [1.82, 2.24) is 10.2 Å². The van der Waals surface area contributed by atoms with E-state index in [-0.39, 0.29) is 12.1 Å². The standard InChI is InChI=1S/C17H19N3O2S/c1-20-8-7-11-13(9-20)23-17-14(11)16(21)18-15(19-17)10-5-3-4-6-12(10)22-2/h3-6,15,19H,7-9H2,1-2H3,(H,18,21). The highest BCUT2D eigenvalue weighted by Gasteiger charge is 2.33. The molecule has 1 atom stereocenters. The van der Waals surface area contributed by atoms with Gasteiger partial charge in [-0.1, -0.05) is 18.2 Å². The largest absolute Gasteiger partial charge is 0.496 e. The lowest BCUT2D eigenvalue weighted by Crippen LogP contribution is -2.38. The lowest BCUT2D eigenvalue weighted by molar-refractivity contribution is 0.0934. The zero-order valence-corrected chi connectivity index (χ0v) is 14.0. The Labute approximate surface area is 139 Å². The predicted molar refractivity (Wildman–Crippen MR) is 91.2 cm³/mol. The first-order chi connectivity index (χ1) is 11.2. The second-order valence-corrected chi connectivity index (χ2v) is 7.09. The van der Waals surface area contributed by atoms with Crippen LogP contribution in [-0.2, 0) is 13.0 Å². The first-order valence-electron chi connectivity index (χ1n) is 7.70. The van der Waals surface area contributed by atoms with Crippen molar-refractivity contribution in [2.75, 3.05) is 26.0 Å². The number of likely N-dealkylation sites (N-methyl/N-ethyl adjacent to an activating group) is 1. The van der Waals surface area contributed by atoms with E-state index in [4.69, 9.17) is 4.74 Å². The molecular formula is C17H19N3O2S. The summed E-state index contributed by atoms with van der Waals surface area (Å²) < 4.78 is 5.42. The van der Waals surface area contributed by atoms with Gasteiger partial charge in [-0.2, -0.15) is 0 Å². The molecule has 0 saturated heterocycles. The molecular weight excluding hydrogens is 310 g/mol. The fraction of sp³-hybridized carbons (Fsp3) is 0.353. The summed E-state index contributed by atoms with van der Waals surface area (Å²) in [6.07, 6.45) is 0.676. The number of ether oxygens (including phenoxy) is 1. The van der Waals surface area contributed by atoms with Gasteiger partial charge in [0.05, 0.1) is 12.7 Å². The molecule has 2 aliphatic rings. The van der Waals surface area contributed by atoms with Crippen molar-refractivity contribution >= 4 is 22.2 Å². The number of anilines is 1. The van der Waals surface area contributed by atoms with Gasteiger partial charge in [-0.15, -0.1) is 11.3 Å². The number of amides is 1. The number of carbonyl (C=O) groups is 1. The number of nitrogens with one attached hydrogen (secondary N) is 2. The van der Waals surface area contributed by atoms with Crippen LogP contribution in [0.2, 0.25) is 0 Å². The van der Waals surface area contributed by atoms with Gasteiger partial charge in [-0.3, -0.25) is 4.79 Å². The van der Waals surface area contributed by atoms with E-state index in [9.17, 15) is 4.79 Å². The van der Waals surface area contributed by atoms with Crippen LogP contribution >= 0.6 is 11.3 Å². The number of fused-ring (bicyclic) bond motifs is 3. The Balaban J connectivity index is 1.72. The van der Waals surface area contributed by atoms with E-state index in [1.54, 1.807) is 18.4 Å². The van der Waals surface area contributed by atoms with Crippen LogP contribution in [0, 0.1) is 0 Å². The summed E-state index contributed by atoms with van der Waals surface area (Å²) >= 11 is 1.70. The average molecular weight is 329 g/mol. The second-order valence-electron chi connectivity index (χ2n) is 5.99. The summed E-state index contributed by atoms with van der Waals surface area (Å²) in [5, 5.41) is 7.53. The maximum atomic E-state index is 12.7. The second kappa shape index (κ2) is 5.54. The number of rotatable bonds is 2. The van der Waals surface area contributed by atoms with Crippen LogP contribution in [0.3, 0.4) is 0 Å². The van der Waals surface area contributed by atoms with Gasteiger partial charge >= 0.3 is 0 Å². The number of thiophene rings is 1. The fourth-order valence-corrected chi connectivity index (χ4v) is 4.66. The van der Waals surface area contributed by atoms with Crippen molar-refractivity contribution in [3.05, 3.63) is 45.8 Å². The minimum atomic E-state index is -0.260. The lowest BCUT2D eigenvalue weighted by Gasteiger charge is -2.28. The normalized spacial score (nSPS) is 20.3. The fourth-order valence-electron chi connectivity index (χ4n) is 3.30. The van der Waals surface area contributed by atoms with Crippen LogP contribution in [0.1, 0.15) is 32.5 Å². The highest BCUT2D eigenvalue weighted by Crippen LogP contribution is 2.41. The van der Waals surface area contributed by atoms with E-state index in [1.165, 1.54) is 10.4 Å². The molecule has 0 aliphatic carbocycles. The van der Waals surface area contributed by atoms with Crippen LogP contribution < -0.4 is 15.4 Å². The summed E-state index contributed by atoms with van der Waals surface area (Å²) in [4.78, 5) is 16.3. The quantitative estimate of drug-likeness (QED) is 0.889. The van der Waals surface area contributed by atoms with Crippen molar-refractivity contribution in [2.45, 2.75) is 19.1 Å². The molecule has 120 valence electrons. The molecule has 1 amide bonds. The Morgan fingerprint density at radius 1 is 1.30 bits per heavy atom. The Bertz CT molecular complexity index is 771. The van der Waals surface area contributed by atoms with E-state index in [0.717, 1.165) is 41.4 Å². The summed E-state index contributed by atoms with van der Waals surface area (Å²) in [6.45, 7) is 1.92. The molecule has 0 saturated carbocycles. The molecule has 4 rings (SSSR count). The SMILES string of the molecule is COc1ccccc1C1NC(=O)c2c(sc3c2CCN(C)C3)N1.